The minimum Gasteiger partial charge on any atom is -0.477 e. The van der Waals surface area contributed by atoms with Gasteiger partial charge in [-0.05, 0) is 6.92 Å². The number of H-pyrrole nitrogens is 1. The number of hydrogen-bond donors (Lipinski definition) is 2. The number of rotatable bonds is 8. The molecule has 0 aliphatic carbocycles. The van der Waals surface area contributed by atoms with E-state index in [1.54, 1.807) is 0 Å². The number of aromatic nitrogens is 2. The van der Waals surface area contributed by atoms with Crippen molar-refractivity contribution in [3.8, 4) is 0 Å². The van der Waals surface area contributed by atoms with E-state index in [2.05, 4.69) is 9.97 Å². The molecule has 2 N–H and O–H groups in total. The van der Waals surface area contributed by atoms with E-state index in [9.17, 15) is 9.59 Å². The van der Waals surface area contributed by atoms with Crippen molar-refractivity contribution in [1.29, 1.82) is 0 Å². The number of hydrogen-bond acceptors (Lipinski definition) is 5. The van der Waals surface area contributed by atoms with Crippen molar-refractivity contribution in [2.45, 2.75) is 13.0 Å². The van der Waals surface area contributed by atoms with Crippen LogP contribution in [0.5, 0.6) is 0 Å². The lowest BCUT2D eigenvalue weighted by atomic mass is 10.2. The van der Waals surface area contributed by atoms with Crippen LogP contribution in [0.3, 0.4) is 0 Å². The number of carboxylic acid groups (broad SMARTS) is 1. The predicted octanol–water partition coefficient (Wildman–Crippen LogP) is 0.231. The maximum atomic E-state index is 12.4. The van der Waals surface area contributed by atoms with Gasteiger partial charge in [0.1, 0.15) is 0 Å². The molecular formula is C12H19N3O5. The minimum absolute atomic E-state index is 0.114. The van der Waals surface area contributed by atoms with E-state index in [0.717, 1.165) is 0 Å². The summed E-state index contributed by atoms with van der Waals surface area (Å²) in [5.41, 5.74) is -0.335. The Morgan fingerprint density at radius 3 is 2.70 bits per heavy atom. The van der Waals surface area contributed by atoms with Gasteiger partial charge in [-0.1, -0.05) is 0 Å². The number of aromatic carboxylic acids is 1. The maximum Gasteiger partial charge on any atom is 0.354 e. The van der Waals surface area contributed by atoms with Crippen LogP contribution < -0.4 is 0 Å². The van der Waals surface area contributed by atoms with Crippen LogP contribution >= 0.6 is 0 Å². The zero-order valence-corrected chi connectivity index (χ0v) is 11.8. The Bertz CT molecular complexity index is 460. The lowest BCUT2D eigenvalue weighted by molar-refractivity contribution is 0.0468. The van der Waals surface area contributed by atoms with E-state index >= 15 is 0 Å². The number of imidazole rings is 1. The number of nitrogens with zero attached hydrogens (tertiary/aromatic N) is 2. The van der Waals surface area contributed by atoms with E-state index in [1.165, 1.54) is 25.4 Å². The number of carboxylic acids is 1. The lowest BCUT2D eigenvalue weighted by Crippen LogP contribution is -2.43. The van der Waals surface area contributed by atoms with Crippen LogP contribution in [-0.4, -0.2) is 71.9 Å². The van der Waals surface area contributed by atoms with Crippen molar-refractivity contribution in [3.63, 3.8) is 0 Å². The van der Waals surface area contributed by atoms with Gasteiger partial charge in [0.15, 0.2) is 11.4 Å². The Balaban J connectivity index is 2.96. The zero-order valence-electron chi connectivity index (χ0n) is 11.8. The smallest absolute Gasteiger partial charge is 0.354 e. The van der Waals surface area contributed by atoms with Gasteiger partial charge in [-0.25, -0.2) is 9.78 Å². The third-order valence-electron chi connectivity index (χ3n) is 2.79. The van der Waals surface area contributed by atoms with Crippen LogP contribution in [0.1, 0.15) is 27.9 Å². The Labute approximate surface area is 116 Å². The highest BCUT2D eigenvalue weighted by Crippen LogP contribution is 2.10. The number of ether oxygens (including phenoxy) is 2. The fraction of sp³-hybridized carbons (Fsp3) is 0.583. The molecule has 1 unspecified atom stereocenters. The maximum absolute atomic E-state index is 12.4. The fourth-order valence-corrected chi connectivity index (χ4v) is 1.80. The molecule has 112 valence electrons. The summed E-state index contributed by atoms with van der Waals surface area (Å²) < 4.78 is 10.00. The van der Waals surface area contributed by atoms with Gasteiger partial charge >= 0.3 is 5.97 Å². The van der Waals surface area contributed by atoms with Crippen LogP contribution in [0.2, 0.25) is 0 Å². The third kappa shape index (κ3) is 3.78. The molecule has 0 radical (unpaired) electrons. The number of nitrogens with one attached hydrogen (secondary N) is 1. The molecule has 0 bridgehead atoms. The Morgan fingerprint density at radius 1 is 1.45 bits per heavy atom. The molecule has 20 heavy (non-hydrogen) atoms. The van der Waals surface area contributed by atoms with Crippen molar-refractivity contribution >= 4 is 11.9 Å². The first-order valence-corrected chi connectivity index (χ1v) is 6.08. The molecule has 1 heterocycles. The van der Waals surface area contributed by atoms with Crippen LogP contribution in [0.15, 0.2) is 6.33 Å². The summed E-state index contributed by atoms with van der Waals surface area (Å²) in [6.07, 6.45) is 1.19. The van der Waals surface area contributed by atoms with Gasteiger partial charge in [-0.2, -0.15) is 0 Å². The first kappa shape index (κ1) is 16.1. The normalized spacial score (nSPS) is 12.2. The largest absolute Gasteiger partial charge is 0.477 e. The molecule has 0 saturated heterocycles. The molecule has 1 rings (SSSR count). The average Bonchev–Trinajstić information content (AvgIpc) is 2.88. The highest BCUT2D eigenvalue weighted by molar-refractivity contribution is 6.02. The monoisotopic (exact) mass is 285 g/mol. The second-order valence-electron chi connectivity index (χ2n) is 4.23. The molecule has 0 aromatic carbocycles. The van der Waals surface area contributed by atoms with Gasteiger partial charge in [-0.3, -0.25) is 4.79 Å². The quantitative estimate of drug-likeness (QED) is 0.708. The van der Waals surface area contributed by atoms with Gasteiger partial charge in [0, 0.05) is 20.8 Å². The molecule has 1 amide bonds. The summed E-state index contributed by atoms with van der Waals surface area (Å²) in [6.45, 7) is 2.81. The molecule has 0 aliphatic heterocycles. The van der Waals surface area contributed by atoms with Crippen LogP contribution in [0, 0.1) is 0 Å². The first-order valence-electron chi connectivity index (χ1n) is 6.08. The molecule has 8 heteroatoms. The zero-order chi connectivity index (χ0) is 15.1. The van der Waals surface area contributed by atoms with Gasteiger partial charge < -0.3 is 24.5 Å². The van der Waals surface area contributed by atoms with Crippen LogP contribution in [-0.2, 0) is 9.47 Å². The Kier molecular flexibility index (Phi) is 6.13. The van der Waals surface area contributed by atoms with Crippen molar-refractivity contribution in [2.75, 3.05) is 34.0 Å². The van der Waals surface area contributed by atoms with E-state index < -0.39 is 11.9 Å². The summed E-state index contributed by atoms with van der Waals surface area (Å²) in [7, 11) is 3.06. The number of aromatic amines is 1. The van der Waals surface area contributed by atoms with E-state index in [0.29, 0.717) is 19.8 Å². The Morgan fingerprint density at radius 2 is 2.15 bits per heavy atom. The molecule has 0 fully saturated rings. The van der Waals surface area contributed by atoms with Crippen molar-refractivity contribution in [1.82, 2.24) is 14.9 Å². The fourth-order valence-electron chi connectivity index (χ4n) is 1.80. The first-order chi connectivity index (χ1) is 9.52. The van der Waals surface area contributed by atoms with Gasteiger partial charge in [0.2, 0.25) is 0 Å². The summed E-state index contributed by atoms with van der Waals surface area (Å²) >= 11 is 0. The Hall–Kier alpha value is -1.93. The third-order valence-corrected chi connectivity index (χ3v) is 2.79. The van der Waals surface area contributed by atoms with E-state index in [-0.39, 0.29) is 17.4 Å². The van der Waals surface area contributed by atoms with Crippen molar-refractivity contribution in [2.24, 2.45) is 0 Å². The molecule has 8 nitrogen and oxygen atoms in total. The SMILES string of the molecule is COCCN(C(=O)c1nc[nH]c1C(=O)O)C(C)COC. The predicted molar refractivity (Wildman–Crippen MR) is 69.8 cm³/mol. The van der Waals surface area contributed by atoms with Crippen LogP contribution in [0.25, 0.3) is 0 Å². The number of methoxy groups -OCH3 is 2. The highest BCUT2D eigenvalue weighted by Gasteiger charge is 2.27. The van der Waals surface area contributed by atoms with E-state index in [1.807, 2.05) is 6.92 Å². The minimum atomic E-state index is -1.23. The number of amides is 1. The summed E-state index contributed by atoms with van der Waals surface area (Å²) in [4.78, 5) is 31.2. The number of carbonyl (C=O) groups is 2. The van der Waals surface area contributed by atoms with Gasteiger partial charge in [-0.15, -0.1) is 0 Å². The second kappa shape index (κ2) is 7.61. The highest BCUT2D eigenvalue weighted by atomic mass is 16.5. The number of carbonyl (C=O) groups excluding carboxylic acids is 1. The molecule has 1 aromatic heterocycles. The molecule has 0 spiro atoms. The summed E-state index contributed by atoms with van der Waals surface area (Å²) in [5, 5.41) is 9.01. The second-order valence-corrected chi connectivity index (χ2v) is 4.23. The summed E-state index contributed by atoms with van der Waals surface area (Å²) in [5.74, 6) is -1.69. The topological polar surface area (TPSA) is 105 Å². The van der Waals surface area contributed by atoms with Crippen LogP contribution in [0.4, 0.5) is 0 Å². The van der Waals surface area contributed by atoms with Crippen molar-refractivity contribution in [3.05, 3.63) is 17.7 Å². The van der Waals surface area contributed by atoms with E-state index in [4.69, 9.17) is 14.6 Å². The molecule has 1 atom stereocenters. The lowest BCUT2D eigenvalue weighted by Gasteiger charge is -2.28. The standard InChI is InChI=1S/C12H19N3O5/c1-8(6-20-3)15(4-5-19-2)11(16)9-10(12(17)18)14-7-13-9/h7-8H,4-6H2,1-3H3,(H,13,14)(H,17,18). The molecule has 0 saturated carbocycles. The van der Waals surface area contributed by atoms with Crippen molar-refractivity contribution < 1.29 is 24.2 Å². The summed E-state index contributed by atoms with van der Waals surface area (Å²) in [6, 6.07) is -0.221. The van der Waals surface area contributed by atoms with Gasteiger partial charge in [0.25, 0.3) is 5.91 Å². The molecule has 1 aromatic rings. The van der Waals surface area contributed by atoms with Gasteiger partial charge in [0.05, 0.1) is 25.6 Å². The molecular weight excluding hydrogens is 266 g/mol. The molecule has 0 aliphatic rings. The average molecular weight is 285 g/mol.